The summed E-state index contributed by atoms with van der Waals surface area (Å²) in [6.07, 6.45) is 4.37. The summed E-state index contributed by atoms with van der Waals surface area (Å²) < 4.78 is 0. The predicted molar refractivity (Wildman–Crippen MR) is 84.2 cm³/mol. The van der Waals surface area contributed by atoms with Gasteiger partial charge in [0.05, 0.1) is 0 Å². The number of nitrogens with one attached hydrogen (secondary N) is 2. The number of nitrogens with zero attached hydrogens (tertiary/aromatic N) is 1. The molecule has 2 aliphatic rings. The molecule has 0 atom stereocenters. The van der Waals surface area contributed by atoms with Crippen molar-refractivity contribution in [2.45, 2.75) is 51.2 Å². The van der Waals surface area contributed by atoms with Crippen LogP contribution in [0.2, 0.25) is 0 Å². The molecule has 21 heavy (non-hydrogen) atoms. The summed E-state index contributed by atoms with van der Waals surface area (Å²) in [6.45, 7) is 5.27. The zero-order chi connectivity index (χ0) is 14.7. The minimum Gasteiger partial charge on any atom is -0.335 e. The van der Waals surface area contributed by atoms with Crippen molar-refractivity contribution in [2.24, 2.45) is 0 Å². The van der Waals surface area contributed by atoms with Gasteiger partial charge in [-0.2, -0.15) is 0 Å². The van der Waals surface area contributed by atoms with Crippen LogP contribution < -0.4 is 10.6 Å². The Morgan fingerprint density at radius 2 is 1.81 bits per heavy atom. The molecule has 0 unspecified atom stereocenters. The Bertz CT molecular complexity index is 491. The summed E-state index contributed by atoms with van der Waals surface area (Å²) in [4.78, 5) is 14.2. The standard InChI is InChI=1S/C17H25N3O/c1-13-3-2-4-14(11-13)12-20-9-7-16(8-10-20)19-17(21)18-15-5-6-15/h2-4,11,15-16H,5-10,12H2,1H3,(H2,18,19,21). The number of piperidine rings is 1. The van der Waals surface area contributed by atoms with E-state index in [0.717, 1.165) is 45.3 Å². The van der Waals surface area contributed by atoms with Crippen LogP contribution in [0, 0.1) is 6.92 Å². The molecule has 2 N–H and O–H groups in total. The molecule has 0 bridgehead atoms. The minimum absolute atomic E-state index is 0.0228. The number of rotatable bonds is 4. The van der Waals surface area contributed by atoms with Crippen molar-refractivity contribution in [3.05, 3.63) is 35.4 Å². The fraction of sp³-hybridized carbons (Fsp3) is 0.588. The molecular formula is C17H25N3O. The molecular weight excluding hydrogens is 262 g/mol. The van der Waals surface area contributed by atoms with Gasteiger partial charge in [0.2, 0.25) is 0 Å². The van der Waals surface area contributed by atoms with Crippen molar-refractivity contribution in [2.75, 3.05) is 13.1 Å². The Morgan fingerprint density at radius 1 is 1.14 bits per heavy atom. The van der Waals surface area contributed by atoms with E-state index >= 15 is 0 Å². The first-order chi connectivity index (χ1) is 10.2. The quantitative estimate of drug-likeness (QED) is 0.893. The van der Waals surface area contributed by atoms with E-state index in [0.29, 0.717) is 12.1 Å². The second-order valence-corrected chi connectivity index (χ2v) is 6.43. The summed E-state index contributed by atoms with van der Waals surface area (Å²) in [5.41, 5.74) is 2.70. The maximum atomic E-state index is 11.7. The molecule has 0 radical (unpaired) electrons. The molecule has 1 heterocycles. The van der Waals surface area contributed by atoms with E-state index < -0.39 is 0 Å². The number of urea groups is 1. The Morgan fingerprint density at radius 3 is 2.43 bits per heavy atom. The van der Waals surface area contributed by atoms with E-state index in [1.165, 1.54) is 11.1 Å². The molecule has 1 aromatic rings. The second kappa shape index (κ2) is 6.48. The van der Waals surface area contributed by atoms with Crippen molar-refractivity contribution in [1.29, 1.82) is 0 Å². The summed E-state index contributed by atoms with van der Waals surface area (Å²) in [6, 6.07) is 9.51. The molecule has 0 aromatic heterocycles. The summed E-state index contributed by atoms with van der Waals surface area (Å²) in [7, 11) is 0. The van der Waals surface area contributed by atoms with Crippen molar-refractivity contribution in [3.63, 3.8) is 0 Å². The molecule has 1 aliphatic heterocycles. The normalized spacial score (nSPS) is 20.2. The summed E-state index contributed by atoms with van der Waals surface area (Å²) in [5, 5.41) is 6.10. The number of likely N-dealkylation sites (tertiary alicyclic amines) is 1. The average Bonchev–Trinajstić information content (AvgIpc) is 3.25. The molecule has 114 valence electrons. The van der Waals surface area contributed by atoms with Crippen LogP contribution in [0.4, 0.5) is 4.79 Å². The van der Waals surface area contributed by atoms with Crippen LogP contribution in [0.5, 0.6) is 0 Å². The lowest BCUT2D eigenvalue weighted by atomic mass is 10.0. The van der Waals surface area contributed by atoms with Gasteiger partial charge in [-0.3, -0.25) is 4.90 Å². The number of hydrogen-bond acceptors (Lipinski definition) is 2. The summed E-state index contributed by atoms with van der Waals surface area (Å²) >= 11 is 0. The SMILES string of the molecule is Cc1cccc(CN2CCC(NC(=O)NC3CC3)CC2)c1. The first-order valence-corrected chi connectivity index (χ1v) is 8.04. The van der Waals surface area contributed by atoms with Crippen molar-refractivity contribution < 1.29 is 4.79 Å². The number of hydrogen-bond donors (Lipinski definition) is 2. The molecule has 1 saturated heterocycles. The monoisotopic (exact) mass is 287 g/mol. The van der Waals surface area contributed by atoms with Gasteiger partial charge in [-0.15, -0.1) is 0 Å². The van der Waals surface area contributed by atoms with Gasteiger partial charge in [-0.05, 0) is 38.2 Å². The molecule has 4 heteroatoms. The third kappa shape index (κ3) is 4.46. The number of carbonyl (C=O) groups excluding carboxylic acids is 1. The lowest BCUT2D eigenvalue weighted by Crippen LogP contribution is -2.48. The molecule has 1 aliphatic carbocycles. The maximum absolute atomic E-state index is 11.7. The van der Waals surface area contributed by atoms with Gasteiger partial charge in [0, 0.05) is 31.7 Å². The fourth-order valence-electron chi connectivity index (χ4n) is 2.94. The maximum Gasteiger partial charge on any atom is 0.315 e. The highest BCUT2D eigenvalue weighted by molar-refractivity contribution is 5.74. The molecule has 2 amide bonds. The Kier molecular flexibility index (Phi) is 4.44. The van der Waals surface area contributed by atoms with E-state index in [1.54, 1.807) is 0 Å². The van der Waals surface area contributed by atoms with Crippen LogP contribution in [0.3, 0.4) is 0 Å². The highest BCUT2D eigenvalue weighted by Crippen LogP contribution is 2.19. The van der Waals surface area contributed by atoms with Gasteiger partial charge >= 0.3 is 6.03 Å². The Balaban J connectivity index is 1.41. The average molecular weight is 287 g/mol. The number of benzene rings is 1. The van der Waals surface area contributed by atoms with Gasteiger partial charge < -0.3 is 10.6 Å². The Hall–Kier alpha value is -1.55. The first-order valence-electron chi connectivity index (χ1n) is 8.04. The topological polar surface area (TPSA) is 44.4 Å². The van der Waals surface area contributed by atoms with Crippen LogP contribution in [-0.4, -0.2) is 36.1 Å². The third-order valence-corrected chi connectivity index (χ3v) is 4.32. The fourth-order valence-corrected chi connectivity index (χ4v) is 2.94. The molecule has 3 rings (SSSR count). The number of amides is 2. The van der Waals surface area contributed by atoms with Gasteiger partial charge in [0.1, 0.15) is 0 Å². The van der Waals surface area contributed by atoms with Crippen molar-refractivity contribution in [3.8, 4) is 0 Å². The highest BCUT2D eigenvalue weighted by Gasteiger charge is 2.25. The van der Waals surface area contributed by atoms with Crippen LogP contribution in [-0.2, 0) is 6.54 Å². The first kappa shape index (κ1) is 14.4. The zero-order valence-corrected chi connectivity index (χ0v) is 12.8. The predicted octanol–water partition coefficient (Wildman–Crippen LogP) is 2.42. The van der Waals surface area contributed by atoms with E-state index in [4.69, 9.17) is 0 Å². The van der Waals surface area contributed by atoms with Crippen LogP contribution in [0.15, 0.2) is 24.3 Å². The van der Waals surface area contributed by atoms with Crippen LogP contribution >= 0.6 is 0 Å². The van der Waals surface area contributed by atoms with Gasteiger partial charge in [0.15, 0.2) is 0 Å². The zero-order valence-electron chi connectivity index (χ0n) is 12.8. The van der Waals surface area contributed by atoms with E-state index in [-0.39, 0.29) is 6.03 Å². The molecule has 1 aromatic carbocycles. The molecule has 1 saturated carbocycles. The molecule has 0 spiro atoms. The smallest absolute Gasteiger partial charge is 0.315 e. The van der Waals surface area contributed by atoms with E-state index in [1.807, 2.05) is 0 Å². The van der Waals surface area contributed by atoms with Gasteiger partial charge in [-0.1, -0.05) is 29.8 Å². The van der Waals surface area contributed by atoms with E-state index in [2.05, 4.69) is 46.7 Å². The van der Waals surface area contributed by atoms with Crippen LogP contribution in [0.25, 0.3) is 0 Å². The van der Waals surface area contributed by atoms with E-state index in [9.17, 15) is 4.79 Å². The van der Waals surface area contributed by atoms with Gasteiger partial charge in [-0.25, -0.2) is 4.79 Å². The van der Waals surface area contributed by atoms with Gasteiger partial charge in [0.25, 0.3) is 0 Å². The van der Waals surface area contributed by atoms with Crippen LogP contribution in [0.1, 0.15) is 36.8 Å². The lowest BCUT2D eigenvalue weighted by molar-refractivity contribution is 0.186. The largest absolute Gasteiger partial charge is 0.335 e. The van der Waals surface area contributed by atoms with Crippen molar-refractivity contribution in [1.82, 2.24) is 15.5 Å². The molecule has 2 fully saturated rings. The highest BCUT2D eigenvalue weighted by atomic mass is 16.2. The Labute approximate surface area is 126 Å². The third-order valence-electron chi connectivity index (χ3n) is 4.32. The minimum atomic E-state index is 0.0228. The number of carbonyl (C=O) groups is 1. The lowest BCUT2D eigenvalue weighted by Gasteiger charge is -2.32. The summed E-state index contributed by atoms with van der Waals surface area (Å²) in [5.74, 6) is 0. The second-order valence-electron chi connectivity index (χ2n) is 6.43. The van der Waals surface area contributed by atoms with Crippen molar-refractivity contribution >= 4 is 6.03 Å². The number of aryl methyl sites for hydroxylation is 1. The molecule has 4 nitrogen and oxygen atoms in total.